The highest BCUT2D eigenvalue weighted by atomic mass is 79.9. The molecule has 1 saturated carbocycles. The standard InChI is InChI=1S/C12H15BrN6/c1-2-5-14-12-9(13)10(7-3-4-7)16-11(17-12)8-6-15-19-18-8/h6-7H,2-5H2,1H3,(H,14,16,17)(H,15,18,19). The van der Waals surface area contributed by atoms with Gasteiger partial charge in [-0.05, 0) is 35.2 Å². The summed E-state index contributed by atoms with van der Waals surface area (Å²) in [6.07, 6.45) is 5.08. The van der Waals surface area contributed by atoms with Crippen LogP contribution in [0.1, 0.15) is 37.8 Å². The van der Waals surface area contributed by atoms with E-state index in [9.17, 15) is 0 Å². The Kier molecular flexibility index (Phi) is 3.46. The molecule has 0 unspecified atom stereocenters. The van der Waals surface area contributed by atoms with Gasteiger partial charge in [0.25, 0.3) is 0 Å². The van der Waals surface area contributed by atoms with Gasteiger partial charge < -0.3 is 5.32 Å². The van der Waals surface area contributed by atoms with Crippen LogP contribution in [0.15, 0.2) is 10.7 Å². The summed E-state index contributed by atoms with van der Waals surface area (Å²) < 4.78 is 0.982. The number of nitrogens with zero attached hydrogens (tertiary/aromatic N) is 4. The van der Waals surface area contributed by atoms with Gasteiger partial charge in [0.2, 0.25) is 0 Å². The lowest BCUT2D eigenvalue weighted by Crippen LogP contribution is -2.07. The smallest absolute Gasteiger partial charge is 0.184 e. The van der Waals surface area contributed by atoms with Crippen LogP contribution in [0.3, 0.4) is 0 Å². The maximum Gasteiger partial charge on any atom is 0.184 e. The summed E-state index contributed by atoms with van der Waals surface area (Å²) in [7, 11) is 0. The van der Waals surface area contributed by atoms with Gasteiger partial charge in [0, 0.05) is 12.5 Å². The van der Waals surface area contributed by atoms with Gasteiger partial charge in [-0.1, -0.05) is 6.92 Å². The van der Waals surface area contributed by atoms with E-state index in [4.69, 9.17) is 0 Å². The molecule has 2 aromatic rings. The van der Waals surface area contributed by atoms with Crippen molar-refractivity contribution in [3.05, 3.63) is 16.4 Å². The van der Waals surface area contributed by atoms with Crippen LogP contribution in [0, 0.1) is 0 Å². The summed E-state index contributed by atoms with van der Waals surface area (Å²) in [6, 6.07) is 0. The summed E-state index contributed by atoms with van der Waals surface area (Å²) >= 11 is 3.62. The molecule has 2 heterocycles. The quantitative estimate of drug-likeness (QED) is 0.884. The Balaban J connectivity index is 2.02. The maximum atomic E-state index is 4.63. The van der Waals surface area contributed by atoms with E-state index in [0.717, 1.165) is 29.0 Å². The second-order valence-electron chi connectivity index (χ2n) is 4.65. The number of aromatic nitrogens is 5. The van der Waals surface area contributed by atoms with Crippen molar-refractivity contribution in [2.24, 2.45) is 0 Å². The summed E-state index contributed by atoms with van der Waals surface area (Å²) in [5.74, 6) is 2.01. The van der Waals surface area contributed by atoms with Gasteiger partial charge in [0.1, 0.15) is 11.5 Å². The summed E-state index contributed by atoms with van der Waals surface area (Å²) in [6.45, 7) is 3.01. The minimum absolute atomic E-state index is 0.546. The van der Waals surface area contributed by atoms with Crippen LogP contribution < -0.4 is 5.32 Å². The molecule has 0 aliphatic heterocycles. The monoisotopic (exact) mass is 322 g/mol. The van der Waals surface area contributed by atoms with E-state index in [1.54, 1.807) is 6.20 Å². The van der Waals surface area contributed by atoms with Gasteiger partial charge in [0.15, 0.2) is 5.82 Å². The molecule has 0 saturated heterocycles. The van der Waals surface area contributed by atoms with Crippen LogP contribution >= 0.6 is 15.9 Å². The number of hydrogen-bond acceptors (Lipinski definition) is 5. The number of rotatable bonds is 5. The Labute approximate surface area is 119 Å². The molecule has 2 aromatic heterocycles. The van der Waals surface area contributed by atoms with Crippen molar-refractivity contribution in [2.45, 2.75) is 32.1 Å². The molecule has 7 heteroatoms. The summed E-state index contributed by atoms with van der Waals surface area (Å²) in [5.41, 5.74) is 1.75. The lowest BCUT2D eigenvalue weighted by atomic mass is 10.2. The second-order valence-corrected chi connectivity index (χ2v) is 5.44. The Morgan fingerprint density at radius 3 is 2.89 bits per heavy atom. The predicted octanol–water partition coefficient (Wildman–Crippen LogP) is 2.72. The van der Waals surface area contributed by atoms with E-state index in [1.165, 1.54) is 12.8 Å². The first-order chi connectivity index (χ1) is 9.29. The zero-order chi connectivity index (χ0) is 13.2. The molecule has 1 aliphatic carbocycles. The topological polar surface area (TPSA) is 79.4 Å². The fourth-order valence-electron chi connectivity index (χ4n) is 1.88. The van der Waals surface area contributed by atoms with Crippen molar-refractivity contribution < 1.29 is 0 Å². The first kappa shape index (κ1) is 12.5. The Morgan fingerprint density at radius 1 is 1.42 bits per heavy atom. The number of nitrogens with one attached hydrogen (secondary N) is 2. The second kappa shape index (κ2) is 5.24. The molecule has 0 aromatic carbocycles. The molecule has 0 bridgehead atoms. The SMILES string of the molecule is CCCNc1nc(-c2cn[nH]n2)nc(C2CC2)c1Br. The zero-order valence-corrected chi connectivity index (χ0v) is 12.2. The zero-order valence-electron chi connectivity index (χ0n) is 10.6. The lowest BCUT2D eigenvalue weighted by molar-refractivity contribution is 0.922. The van der Waals surface area contributed by atoms with Gasteiger partial charge in [0.05, 0.1) is 16.4 Å². The normalized spacial score (nSPS) is 14.6. The first-order valence-corrected chi connectivity index (χ1v) is 7.26. The van der Waals surface area contributed by atoms with Crippen LogP contribution in [0.2, 0.25) is 0 Å². The van der Waals surface area contributed by atoms with Crippen LogP contribution in [0.4, 0.5) is 5.82 Å². The van der Waals surface area contributed by atoms with Gasteiger partial charge in [-0.3, -0.25) is 0 Å². The molecule has 0 atom stereocenters. The Morgan fingerprint density at radius 2 is 2.26 bits per heavy atom. The fourth-order valence-corrected chi connectivity index (χ4v) is 2.52. The molecule has 3 rings (SSSR count). The number of hydrogen-bond donors (Lipinski definition) is 2. The average Bonchev–Trinajstić information content (AvgIpc) is 3.11. The molecular formula is C12H15BrN6. The molecule has 1 fully saturated rings. The van der Waals surface area contributed by atoms with Crippen LogP contribution in [0.25, 0.3) is 11.5 Å². The molecule has 100 valence electrons. The third kappa shape index (κ3) is 2.60. The van der Waals surface area contributed by atoms with Crippen molar-refractivity contribution in [3.8, 4) is 11.5 Å². The third-order valence-electron chi connectivity index (χ3n) is 3.03. The number of H-pyrrole nitrogens is 1. The van der Waals surface area contributed by atoms with Crippen molar-refractivity contribution in [1.82, 2.24) is 25.4 Å². The van der Waals surface area contributed by atoms with Gasteiger partial charge >= 0.3 is 0 Å². The summed E-state index contributed by atoms with van der Waals surface area (Å²) in [4.78, 5) is 9.16. The van der Waals surface area contributed by atoms with Crippen molar-refractivity contribution >= 4 is 21.7 Å². The van der Waals surface area contributed by atoms with Crippen molar-refractivity contribution in [1.29, 1.82) is 0 Å². The van der Waals surface area contributed by atoms with E-state index < -0.39 is 0 Å². The van der Waals surface area contributed by atoms with Gasteiger partial charge in [-0.2, -0.15) is 15.4 Å². The molecule has 1 aliphatic rings. The highest BCUT2D eigenvalue weighted by molar-refractivity contribution is 9.10. The molecule has 0 spiro atoms. The first-order valence-electron chi connectivity index (χ1n) is 6.47. The minimum atomic E-state index is 0.546. The summed E-state index contributed by atoms with van der Waals surface area (Å²) in [5, 5.41) is 13.8. The van der Waals surface area contributed by atoms with E-state index in [-0.39, 0.29) is 0 Å². The van der Waals surface area contributed by atoms with Crippen molar-refractivity contribution in [3.63, 3.8) is 0 Å². The highest BCUT2D eigenvalue weighted by Gasteiger charge is 2.29. The van der Waals surface area contributed by atoms with Gasteiger partial charge in [-0.15, -0.1) is 0 Å². The van der Waals surface area contributed by atoms with E-state index in [2.05, 4.69) is 53.5 Å². The third-order valence-corrected chi connectivity index (χ3v) is 3.81. The molecule has 2 N–H and O–H groups in total. The molecule has 0 radical (unpaired) electrons. The van der Waals surface area contributed by atoms with Crippen LogP contribution in [-0.4, -0.2) is 31.9 Å². The Hall–Kier alpha value is -1.50. The predicted molar refractivity (Wildman–Crippen MR) is 75.9 cm³/mol. The van der Waals surface area contributed by atoms with E-state index >= 15 is 0 Å². The number of aromatic amines is 1. The largest absolute Gasteiger partial charge is 0.369 e. The average molecular weight is 323 g/mol. The lowest BCUT2D eigenvalue weighted by Gasteiger charge is -2.11. The van der Waals surface area contributed by atoms with Gasteiger partial charge in [-0.25, -0.2) is 9.97 Å². The number of halogens is 1. The fraction of sp³-hybridized carbons (Fsp3) is 0.500. The van der Waals surface area contributed by atoms with Crippen LogP contribution in [-0.2, 0) is 0 Å². The van der Waals surface area contributed by atoms with Crippen molar-refractivity contribution in [2.75, 3.05) is 11.9 Å². The molecule has 0 amide bonds. The molecule has 19 heavy (non-hydrogen) atoms. The number of anilines is 1. The molecule has 6 nitrogen and oxygen atoms in total. The highest BCUT2D eigenvalue weighted by Crippen LogP contribution is 2.44. The maximum absolute atomic E-state index is 4.63. The van der Waals surface area contributed by atoms with E-state index in [0.29, 0.717) is 17.4 Å². The van der Waals surface area contributed by atoms with Crippen LogP contribution in [0.5, 0.6) is 0 Å². The Bertz CT molecular complexity index is 564. The molecular weight excluding hydrogens is 308 g/mol. The van der Waals surface area contributed by atoms with E-state index in [1.807, 2.05) is 0 Å². The minimum Gasteiger partial charge on any atom is -0.369 e.